The molecule has 2 unspecified atom stereocenters. The van der Waals surface area contributed by atoms with Gasteiger partial charge in [0.1, 0.15) is 6.04 Å². The maximum Gasteiger partial charge on any atom is 0.254 e. The Bertz CT molecular complexity index is 409. The van der Waals surface area contributed by atoms with Crippen LogP contribution in [-0.4, -0.2) is 17.1 Å². The molecule has 1 amide bonds. The summed E-state index contributed by atoms with van der Waals surface area (Å²) >= 11 is 0. The molecule has 1 aromatic carbocycles. The maximum absolute atomic E-state index is 11.7. The van der Waals surface area contributed by atoms with Crippen LogP contribution in [0.3, 0.4) is 0 Å². The fourth-order valence-corrected chi connectivity index (χ4v) is 1.37. The van der Waals surface area contributed by atoms with Crippen molar-refractivity contribution < 1.29 is 9.90 Å². The topological polar surface area (TPSA) is 73.1 Å². The minimum absolute atomic E-state index is 0.00641. The van der Waals surface area contributed by atoms with Crippen molar-refractivity contribution in [2.75, 3.05) is 0 Å². The average molecular weight is 232 g/mol. The molecule has 2 N–H and O–H groups in total. The predicted octanol–water partition coefficient (Wildman–Crippen LogP) is 1.38. The highest BCUT2D eigenvalue weighted by atomic mass is 16.3. The van der Waals surface area contributed by atoms with E-state index in [0.29, 0.717) is 5.56 Å². The number of hydrogen-bond donors (Lipinski definition) is 2. The van der Waals surface area contributed by atoms with E-state index >= 15 is 0 Å². The molecule has 4 nitrogen and oxygen atoms in total. The third-order valence-electron chi connectivity index (χ3n) is 2.47. The number of carbonyl (C=O) groups excluding carboxylic acids is 1. The molecule has 0 spiro atoms. The summed E-state index contributed by atoms with van der Waals surface area (Å²) in [6.45, 7) is 3.67. The standard InChI is InChI=1S/C13H16N2O2/c1-9(2)11(8-14)15-13(17)12(16)10-6-4-3-5-7-10/h3-7,9,11-12,16H,1-2H3,(H,15,17). The van der Waals surface area contributed by atoms with Crippen LogP contribution in [-0.2, 0) is 4.79 Å². The predicted molar refractivity (Wildman–Crippen MR) is 63.8 cm³/mol. The van der Waals surface area contributed by atoms with E-state index in [1.807, 2.05) is 19.9 Å². The molecular formula is C13H16N2O2. The fourth-order valence-electron chi connectivity index (χ4n) is 1.37. The molecule has 90 valence electrons. The number of benzene rings is 1. The molecule has 0 aromatic heterocycles. The summed E-state index contributed by atoms with van der Waals surface area (Å²) in [5, 5.41) is 21.2. The van der Waals surface area contributed by atoms with Gasteiger partial charge in [-0.05, 0) is 11.5 Å². The molecule has 1 rings (SSSR count). The number of nitriles is 1. The monoisotopic (exact) mass is 232 g/mol. The van der Waals surface area contributed by atoms with E-state index in [1.54, 1.807) is 30.3 Å². The van der Waals surface area contributed by atoms with Crippen molar-refractivity contribution in [2.24, 2.45) is 5.92 Å². The second-order valence-corrected chi connectivity index (χ2v) is 4.17. The Morgan fingerprint density at radius 3 is 2.41 bits per heavy atom. The number of hydrogen-bond acceptors (Lipinski definition) is 3. The minimum Gasteiger partial charge on any atom is -0.378 e. The molecule has 0 aliphatic heterocycles. The molecule has 0 fully saturated rings. The second-order valence-electron chi connectivity index (χ2n) is 4.17. The van der Waals surface area contributed by atoms with Crippen molar-refractivity contribution in [3.05, 3.63) is 35.9 Å². The zero-order chi connectivity index (χ0) is 12.8. The van der Waals surface area contributed by atoms with Gasteiger partial charge in [-0.1, -0.05) is 44.2 Å². The Morgan fingerprint density at radius 1 is 1.35 bits per heavy atom. The number of aliphatic hydroxyl groups excluding tert-OH is 1. The van der Waals surface area contributed by atoms with Crippen molar-refractivity contribution in [1.29, 1.82) is 5.26 Å². The summed E-state index contributed by atoms with van der Waals surface area (Å²) in [6.07, 6.45) is -1.23. The summed E-state index contributed by atoms with van der Waals surface area (Å²) in [5.41, 5.74) is 0.519. The van der Waals surface area contributed by atoms with Crippen molar-refractivity contribution in [3.8, 4) is 6.07 Å². The molecule has 2 atom stereocenters. The Balaban J connectivity index is 2.69. The van der Waals surface area contributed by atoms with E-state index in [1.165, 1.54) is 0 Å². The Hall–Kier alpha value is -1.86. The third kappa shape index (κ3) is 3.58. The first kappa shape index (κ1) is 13.2. The van der Waals surface area contributed by atoms with Crippen molar-refractivity contribution in [2.45, 2.75) is 26.0 Å². The Labute approximate surface area is 101 Å². The van der Waals surface area contributed by atoms with E-state index in [9.17, 15) is 9.90 Å². The van der Waals surface area contributed by atoms with Crippen LogP contribution in [0.4, 0.5) is 0 Å². The lowest BCUT2D eigenvalue weighted by atomic mass is 10.0. The lowest BCUT2D eigenvalue weighted by Gasteiger charge is -2.17. The normalized spacial score (nSPS) is 13.8. The summed E-state index contributed by atoms with van der Waals surface area (Å²) in [5.74, 6) is -0.539. The Kier molecular flexibility index (Phi) is 4.68. The minimum atomic E-state index is -1.23. The Morgan fingerprint density at radius 2 is 1.94 bits per heavy atom. The van der Waals surface area contributed by atoms with Crippen LogP contribution in [0.5, 0.6) is 0 Å². The lowest BCUT2D eigenvalue weighted by molar-refractivity contribution is -0.130. The van der Waals surface area contributed by atoms with Crippen molar-refractivity contribution >= 4 is 5.91 Å². The van der Waals surface area contributed by atoms with Gasteiger partial charge in [0.25, 0.3) is 5.91 Å². The molecule has 4 heteroatoms. The van der Waals surface area contributed by atoms with Crippen molar-refractivity contribution in [1.82, 2.24) is 5.32 Å². The SMILES string of the molecule is CC(C)C(C#N)NC(=O)C(O)c1ccccc1. The average Bonchev–Trinajstić information content (AvgIpc) is 2.35. The molecule has 0 aliphatic carbocycles. The molecule has 0 heterocycles. The van der Waals surface area contributed by atoms with Gasteiger partial charge in [-0.3, -0.25) is 4.79 Å². The highest BCUT2D eigenvalue weighted by Gasteiger charge is 2.21. The lowest BCUT2D eigenvalue weighted by Crippen LogP contribution is -2.40. The van der Waals surface area contributed by atoms with Gasteiger partial charge in [0, 0.05) is 0 Å². The zero-order valence-corrected chi connectivity index (χ0v) is 9.92. The maximum atomic E-state index is 11.7. The van der Waals surface area contributed by atoms with E-state index in [-0.39, 0.29) is 5.92 Å². The molecule has 0 saturated carbocycles. The first-order chi connectivity index (χ1) is 8.06. The van der Waals surface area contributed by atoms with Gasteiger partial charge in [0.05, 0.1) is 6.07 Å². The van der Waals surface area contributed by atoms with Crippen LogP contribution in [0.1, 0.15) is 25.5 Å². The summed E-state index contributed by atoms with van der Waals surface area (Å²) in [6, 6.07) is 10.0. The zero-order valence-electron chi connectivity index (χ0n) is 9.92. The van der Waals surface area contributed by atoms with Crippen molar-refractivity contribution in [3.63, 3.8) is 0 Å². The van der Waals surface area contributed by atoms with Gasteiger partial charge in [-0.2, -0.15) is 5.26 Å². The number of nitrogens with one attached hydrogen (secondary N) is 1. The molecular weight excluding hydrogens is 216 g/mol. The first-order valence-electron chi connectivity index (χ1n) is 5.49. The van der Waals surface area contributed by atoms with Gasteiger partial charge in [0.15, 0.2) is 6.10 Å². The quantitative estimate of drug-likeness (QED) is 0.823. The second kappa shape index (κ2) is 6.02. The number of rotatable bonds is 4. The van der Waals surface area contributed by atoms with Crippen LogP contribution in [0.15, 0.2) is 30.3 Å². The van der Waals surface area contributed by atoms with Crippen LogP contribution < -0.4 is 5.32 Å². The molecule has 0 bridgehead atoms. The van der Waals surface area contributed by atoms with Crippen LogP contribution >= 0.6 is 0 Å². The van der Waals surface area contributed by atoms with Crippen LogP contribution in [0.25, 0.3) is 0 Å². The highest BCUT2D eigenvalue weighted by molar-refractivity contribution is 5.82. The van der Waals surface area contributed by atoms with E-state index in [4.69, 9.17) is 5.26 Å². The highest BCUT2D eigenvalue weighted by Crippen LogP contribution is 2.12. The molecule has 0 radical (unpaired) electrons. The molecule has 17 heavy (non-hydrogen) atoms. The van der Waals surface area contributed by atoms with E-state index < -0.39 is 18.1 Å². The van der Waals surface area contributed by atoms with Gasteiger partial charge in [-0.25, -0.2) is 0 Å². The van der Waals surface area contributed by atoms with Gasteiger partial charge < -0.3 is 10.4 Å². The van der Waals surface area contributed by atoms with Crippen LogP contribution in [0.2, 0.25) is 0 Å². The fraction of sp³-hybridized carbons (Fsp3) is 0.385. The number of aliphatic hydroxyl groups is 1. The molecule has 1 aromatic rings. The van der Waals surface area contributed by atoms with Gasteiger partial charge >= 0.3 is 0 Å². The molecule has 0 saturated heterocycles. The summed E-state index contributed by atoms with van der Waals surface area (Å²) in [7, 11) is 0. The molecule has 0 aliphatic rings. The largest absolute Gasteiger partial charge is 0.378 e. The van der Waals surface area contributed by atoms with Crippen LogP contribution in [0, 0.1) is 17.2 Å². The number of nitrogens with zero attached hydrogens (tertiary/aromatic N) is 1. The summed E-state index contributed by atoms with van der Waals surface area (Å²) in [4.78, 5) is 11.7. The third-order valence-corrected chi connectivity index (χ3v) is 2.47. The number of amides is 1. The smallest absolute Gasteiger partial charge is 0.254 e. The van der Waals surface area contributed by atoms with Gasteiger partial charge in [0.2, 0.25) is 0 Å². The first-order valence-corrected chi connectivity index (χ1v) is 5.49. The van der Waals surface area contributed by atoms with Gasteiger partial charge in [-0.15, -0.1) is 0 Å². The number of carbonyl (C=O) groups is 1. The summed E-state index contributed by atoms with van der Waals surface area (Å²) < 4.78 is 0. The van der Waals surface area contributed by atoms with E-state index in [0.717, 1.165) is 0 Å². The van der Waals surface area contributed by atoms with E-state index in [2.05, 4.69) is 5.32 Å².